The van der Waals surface area contributed by atoms with Crippen molar-refractivity contribution in [2.24, 2.45) is 0 Å². The fraction of sp³-hybridized carbons (Fsp3) is 0.217. The molecule has 5 rings (SSSR count). The van der Waals surface area contributed by atoms with Gasteiger partial charge in [0, 0.05) is 31.0 Å². The zero-order chi connectivity index (χ0) is 20.5. The number of hydrogen-bond donors (Lipinski definition) is 0. The predicted octanol–water partition coefficient (Wildman–Crippen LogP) is 3.92. The number of rotatable bonds is 5. The summed E-state index contributed by atoms with van der Waals surface area (Å²) in [7, 11) is 0. The van der Waals surface area contributed by atoms with Gasteiger partial charge in [0.2, 0.25) is 11.7 Å². The van der Waals surface area contributed by atoms with E-state index in [1.807, 2.05) is 55.5 Å². The fourth-order valence-corrected chi connectivity index (χ4v) is 3.72. The molecule has 0 atom stereocenters. The van der Waals surface area contributed by atoms with E-state index in [9.17, 15) is 4.79 Å². The number of amides is 1. The molecule has 0 bridgehead atoms. The number of aromatic nitrogens is 3. The third-order valence-corrected chi connectivity index (χ3v) is 5.28. The molecule has 150 valence electrons. The van der Waals surface area contributed by atoms with Crippen molar-refractivity contribution in [1.82, 2.24) is 20.0 Å². The molecule has 0 radical (unpaired) electrons. The van der Waals surface area contributed by atoms with Crippen LogP contribution >= 0.6 is 0 Å². The largest absolute Gasteiger partial charge is 0.493 e. The molecule has 7 heteroatoms. The molecule has 7 nitrogen and oxygen atoms in total. The zero-order valence-electron chi connectivity index (χ0n) is 16.5. The van der Waals surface area contributed by atoms with E-state index in [1.165, 1.54) is 0 Å². The number of likely N-dealkylation sites (tertiary alicyclic amines) is 1. The van der Waals surface area contributed by atoms with Gasteiger partial charge in [-0.25, -0.2) is 0 Å². The average Bonchev–Trinajstić information content (AvgIpc) is 3.23. The number of nitrogens with zero attached hydrogens (tertiary/aromatic N) is 4. The van der Waals surface area contributed by atoms with E-state index in [0.717, 1.165) is 16.3 Å². The first-order valence-corrected chi connectivity index (χ1v) is 9.92. The zero-order valence-corrected chi connectivity index (χ0v) is 16.5. The summed E-state index contributed by atoms with van der Waals surface area (Å²) in [6.45, 7) is 3.48. The van der Waals surface area contributed by atoms with Gasteiger partial charge in [0.25, 0.3) is 5.91 Å². The molecule has 1 aliphatic heterocycles. The highest BCUT2D eigenvalue weighted by Gasteiger charge is 2.37. The quantitative estimate of drug-likeness (QED) is 0.505. The molecule has 2 aromatic carbocycles. The van der Waals surface area contributed by atoms with E-state index in [1.54, 1.807) is 17.3 Å². The van der Waals surface area contributed by atoms with Crippen molar-refractivity contribution in [2.45, 2.75) is 12.8 Å². The van der Waals surface area contributed by atoms with Gasteiger partial charge in [-0.3, -0.25) is 9.78 Å². The van der Waals surface area contributed by atoms with Gasteiger partial charge in [-0.05, 0) is 35.9 Å². The summed E-state index contributed by atoms with van der Waals surface area (Å²) in [6.07, 6.45) is 3.39. The van der Waals surface area contributed by atoms with Crippen LogP contribution < -0.4 is 4.74 Å². The Balaban J connectivity index is 1.36. The van der Waals surface area contributed by atoms with E-state index in [2.05, 4.69) is 15.1 Å². The minimum atomic E-state index is -0.0431. The highest BCUT2D eigenvalue weighted by Crippen LogP contribution is 2.34. The summed E-state index contributed by atoms with van der Waals surface area (Å²) in [5.74, 6) is 1.65. The number of benzene rings is 2. The Bertz CT molecular complexity index is 1200. The Morgan fingerprint density at radius 1 is 1.17 bits per heavy atom. The Labute approximate surface area is 173 Å². The van der Waals surface area contributed by atoms with E-state index in [4.69, 9.17) is 9.26 Å². The van der Waals surface area contributed by atoms with Gasteiger partial charge in [0.15, 0.2) is 0 Å². The van der Waals surface area contributed by atoms with Crippen molar-refractivity contribution < 1.29 is 14.1 Å². The molecule has 1 aliphatic rings. The van der Waals surface area contributed by atoms with Crippen molar-refractivity contribution in [3.05, 3.63) is 72.4 Å². The molecule has 1 saturated heterocycles. The lowest BCUT2D eigenvalue weighted by Crippen LogP contribution is -2.48. The van der Waals surface area contributed by atoms with Crippen molar-refractivity contribution in [3.63, 3.8) is 0 Å². The third kappa shape index (κ3) is 3.18. The van der Waals surface area contributed by atoms with Crippen LogP contribution in [0.4, 0.5) is 0 Å². The Morgan fingerprint density at radius 3 is 2.83 bits per heavy atom. The van der Waals surface area contributed by atoms with E-state index in [0.29, 0.717) is 42.7 Å². The highest BCUT2D eigenvalue weighted by molar-refractivity contribution is 6.09. The molecule has 1 fully saturated rings. The van der Waals surface area contributed by atoms with Crippen LogP contribution in [0, 0.1) is 0 Å². The number of hydrogen-bond acceptors (Lipinski definition) is 6. The average molecular weight is 400 g/mol. The van der Waals surface area contributed by atoms with Crippen molar-refractivity contribution in [1.29, 1.82) is 0 Å². The van der Waals surface area contributed by atoms with Crippen LogP contribution in [-0.4, -0.2) is 45.6 Å². The summed E-state index contributed by atoms with van der Waals surface area (Å²) in [5.41, 5.74) is 1.41. The molecule has 0 unspecified atom stereocenters. The lowest BCUT2D eigenvalue weighted by atomic mass is 9.96. The lowest BCUT2D eigenvalue weighted by molar-refractivity contribution is 0.0567. The van der Waals surface area contributed by atoms with Gasteiger partial charge < -0.3 is 14.2 Å². The Morgan fingerprint density at radius 2 is 2.03 bits per heavy atom. The maximum Gasteiger partial charge on any atom is 0.258 e. The second kappa shape index (κ2) is 7.59. The van der Waals surface area contributed by atoms with Gasteiger partial charge in [-0.2, -0.15) is 4.98 Å². The molecular weight excluding hydrogens is 380 g/mol. The second-order valence-electron chi connectivity index (χ2n) is 7.20. The van der Waals surface area contributed by atoms with E-state index >= 15 is 0 Å². The van der Waals surface area contributed by atoms with Crippen LogP contribution in [0.15, 0.2) is 65.4 Å². The van der Waals surface area contributed by atoms with Crippen molar-refractivity contribution in [2.75, 3.05) is 19.7 Å². The van der Waals surface area contributed by atoms with Gasteiger partial charge in [0.1, 0.15) is 5.75 Å². The molecule has 4 aromatic rings. The number of fused-ring (bicyclic) bond motifs is 1. The molecule has 0 spiro atoms. The lowest BCUT2D eigenvalue weighted by Gasteiger charge is -2.37. The topological polar surface area (TPSA) is 81.4 Å². The summed E-state index contributed by atoms with van der Waals surface area (Å²) in [6, 6.07) is 15.4. The Hall–Kier alpha value is -3.74. The molecule has 2 aromatic heterocycles. The number of carbonyl (C=O) groups is 1. The van der Waals surface area contributed by atoms with Crippen LogP contribution in [0.3, 0.4) is 0 Å². The summed E-state index contributed by atoms with van der Waals surface area (Å²) in [4.78, 5) is 23.7. The third-order valence-electron chi connectivity index (χ3n) is 5.28. The first kappa shape index (κ1) is 18.3. The molecule has 0 N–H and O–H groups in total. The van der Waals surface area contributed by atoms with E-state index in [-0.39, 0.29) is 11.8 Å². The maximum atomic E-state index is 13.3. The number of carbonyl (C=O) groups excluding carboxylic acids is 1. The SMILES string of the molecule is CCOc1ccc2ccccc2c1C(=O)N1CC(c2nc(-c3cccnc3)no2)C1. The van der Waals surface area contributed by atoms with Crippen LogP contribution in [0.2, 0.25) is 0 Å². The second-order valence-corrected chi connectivity index (χ2v) is 7.20. The standard InChI is InChI=1S/C23H20N4O3/c1-2-29-19-10-9-15-6-3-4-8-18(15)20(19)23(28)27-13-17(14-27)22-25-21(26-30-22)16-7-5-11-24-12-16/h3-12,17H,2,13-14H2,1H3. The van der Waals surface area contributed by atoms with Crippen LogP contribution in [0.1, 0.15) is 29.1 Å². The highest BCUT2D eigenvalue weighted by atomic mass is 16.5. The first-order valence-electron chi connectivity index (χ1n) is 9.92. The molecular formula is C23H20N4O3. The van der Waals surface area contributed by atoms with Crippen LogP contribution in [0.5, 0.6) is 5.75 Å². The minimum Gasteiger partial charge on any atom is -0.493 e. The minimum absolute atomic E-state index is 0.0254. The molecule has 30 heavy (non-hydrogen) atoms. The fourth-order valence-electron chi connectivity index (χ4n) is 3.72. The van der Waals surface area contributed by atoms with Gasteiger partial charge in [-0.15, -0.1) is 0 Å². The predicted molar refractivity (Wildman–Crippen MR) is 111 cm³/mol. The monoisotopic (exact) mass is 400 g/mol. The smallest absolute Gasteiger partial charge is 0.258 e. The first-order chi connectivity index (χ1) is 14.7. The Kier molecular flexibility index (Phi) is 4.63. The summed E-state index contributed by atoms with van der Waals surface area (Å²) < 4.78 is 11.2. The summed E-state index contributed by atoms with van der Waals surface area (Å²) >= 11 is 0. The molecule has 3 heterocycles. The summed E-state index contributed by atoms with van der Waals surface area (Å²) in [5, 5.41) is 5.96. The van der Waals surface area contributed by atoms with Gasteiger partial charge in [-0.1, -0.05) is 35.5 Å². The molecule has 0 aliphatic carbocycles. The number of ether oxygens (including phenoxy) is 1. The van der Waals surface area contributed by atoms with Crippen molar-refractivity contribution >= 4 is 16.7 Å². The van der Waals surface area contributed by atoms with Gasteiger partial charge in [0.05, 0.1) is 18.1 Å². The normalized spacial score (nSPS) is 14.0. The van der Waals surface area contributed by atoms with Crippen molar-refractivity contribution in [3.8, 4) is 17.1 Å². The maximum absolute atomic E-state index is 13.3. The van der Waals surface area contributed by atoms with E-state index < -0.39 is 0 Å². The van der Waals surface area contributed by atoms with Gasteiger partial charge >= 0.3 is 0 Å². The van der Waals surface area contributed by atoms with Crippen LogP contribution in [0.25, 0.3) is 22.2 Å². The number of pyridine rings is 1. The molecule has 0 saturated carbocycles. The molecule has 1 amide bonds. The van der Waals surface area contributed by atoms with Crippen LogP contribution in [-0.2, 0) is 0 Å².